The van der Waals surface area contributed by atoms with E-state index in [4.69, 9.17) is 5.11 Å². The first-order valence-corrected chi connectivity index (χ1v) is 4.66. The van der Waals surface area contributed by atoms with Crippen LogP contribution in [0.2, 0.25) is 0 Å². The Kier molecular flexibility index (Phi) is 2.60. The summed E-state index contributed by atoms with van der Waals surface area (Å²) in [4.78, 5) is 10.5. The molecule has 2 nitrogen and oxygen atoms in total. The van der Waals surface area contributed by atoms with E-state index >= 15 is 0 Å². The highest BCUT2D eigenvalue weighted by Crippen LogP contribution is 2.26. The third-order valence-electron chi connectivity index (χ3n) is 1.76. The maximum Gasteiger partial charge on any atom is 0.307 e. The lowest BCUT2D eigenvalue weighted by Gasteiger charge is -2.22. The third kappa shape index (κ3) is 1.90. The number of aliphatic carboxylic acids is 1. The molecule has 1 rings (SSSR count). The average Bonchev–Trinajstić information content (AvgIpc) is 1.88. The molecule has 2 atom stereocenters. The van der Waals surface area contributed by atoms with E-state index in [1.54, 1.807) is 11.8 Å². The first-order valence-electron chi connectivity index (χ1n) is 3.50. The molecule has 1 saturated heterocycles. The maximum atomic E-state index is 10.5. The Morgan fingerprint density at radius 2 is 2.30 bits per heavy atom. The van der Waals surface area contributed by atoms with E-state index in [-0.39, 0.29) is 5.92 Å². The standard InChI is InChI=1S/C7H12O2S/c1-5-2-6(7(8)9)4-10-3-5/h5-6H,2-4H2,1H3,(H,8,9). The van der Waals surface area contributed by atoms with Crippen LogP contribution in [0.25, 0.3) is 0 Å². The molecule has 0 aliphatic carbocycles. The normalized spacial score (nSPS) is 33.7. The largest absolute Gasteiger partial charge is 0.481 e. The van der Waals surface area contributed by atoms with Crippen molar-refractivity contribution in [3.63, 3.8) is 0 Å². The number of carbonyl (C=O) groups is 1. The van der Waals surface area contributed by atoms with E-state index in [1.165, 1.54) is 0 Å². The lowest BCUT2D eigenvalue weighted by Crippen LogP contribution is -2.24. The summed E-state index contributed by atoms with van der Waals surface area (Å²) >= 11 is 1.76. The van der Waals surface area contributed by atoms with E-state index in [0.717, 1.165) is 17.9 Å². The molecule has 1 aliphatic rings. The summed E-state index contributed by atoms with van der Waals surface area (Å²) in [5.41, 5.74) is 0. The zero-order valence-corrected chi connectivity index (χ0v) is 6.86. The summed E-state index contributed by atoms with van der Waals surface area (Å²) in [5, 5.41) is 8.64. The molecule has 2 unspecified atom stereocenters. The van der Waals surface area contributed by atoms with E-state index < -0.39 is 5.97 Å². The van der Waals surface area contributed by atoms with Crippen LogP contribution in [0.5, 0.6) is 0 Å². The molecule has 0 amide bonds. The van der Waals surface area contributed by atoms with Gasteiger partial charge in [-0.1, -0.05) is 6.92 Å². The Bertz CT molecular complexity index is 136. The molecule has 0 saturated carbocycles. The van der Waals surface area contributed by atoms with Gasteiger partial charge >= 0.3 is 5.97 Å². The summed E-state index contributed by atoms with van der Waals surface area (Å²) in [6, 6.07) is 0. The van der Waals surface area contributed by atoms with Crippen molar-refractivity contribution in [3.8, 4) is 0 Å². The smallest absolute Gasteiger partial charge is 0.307 e. The number of hydrogen-bond acceptors (Lipinski definition) is 2. The van der Waals surface area contributed by atoms with Crippen molar-refractivity contribution in [1.29, 1.82) is 0 Å². The van der Waals surface area contributed by atoms with Gasteiger partial charge < -0.3 is 5.11 Å². The van der Waals surface area contributed by atoms with Gasteiger partial charge in [0.1, 0.15) is 0 Å². The molecule has 0 aromatic rings. The molecule has 0 bridgehead atoms. The highest BCUT2D eigenvalue weighted by molar-refractivity contribution is 7.99. The van der Waals surface area contributed by atoms with Crippen molar-refractivity contribution in [2.45, 2.75) is 13.3 Å². The summed E-state index contributed by atoms with van der Waals surface area (Å²) in [6.07, 6.45) is 0.863. The van der Waals surface area contributed by atoms with Crippen molar-refractivity contribution in [2.75, 3.05) is 11.5 Å². The molecule has 0 aromatic carbocycles. The Labute approximate surface area is 65.0 Å². The minimum Gasteiger partial charge on any atom is -0.481 e. The van der Waals surface area contributed by atoms with Gasteiger partial charge in [-0.15, -0.1) is 0 Å². The van der Waals surface area contributed by atoms with Crippen molar-refractivity contribution in [3.05, 3.63) is 0 Å². The predicted octanol–water partition coefficient (Wildman–Crippen LogP) is 1.46. The molecule has 0 spiro atoms. The molecule has 3 heteroatoms. The second-order valence-electron chi connectivity index (χ2n) is 2.91. The van der Waals surface area contributed by atoms with Gasteiger partial charge in [0.2, 0.25) is 0 Å². The van der Waals surface area contributed by atoms with Crippen molar-refractivity contribution in [1.82, 2.24) is 0 Å². The van der Waals surface area contributed by atoms with Crippen molar-refractivity contribution < 1.29 is 9.90 Å². The fraction of sp³-hybridized carbons (Fsp3) is 0.857. The van der Waals surface area contributed by atoms with Crippen LogP contribution in [0, 0.1) is 11.8 Å². The predicted molar refractivity (Wildman–Crippen MR) is 42.2 cm³/mol. The molecule has 0 radical (unpaired) electrons. The van der Waals surface area contributed by atoms with Gasteiger partial charge in [0.05, 0.1) is 5.92 Å². The molecular formula is C7H12O2S. The fourth-order valence-corrected chi connectivity index (χ4v) is 2.44. The van der Waals surface area contributed by atoms with E-state index in [9.17, 15) is 4.79 Å². The topological polar surface area (TPSA) is 37.3 Å². The summed E-state index contributed by atoms with van der Waals surface area (Å²) < 4.78 is 0. The molecule has 10 heavy (non-hydrogen) atoms. The highest BCUT2D eigenvalue weighted by Gasteiger charge is 2.24. The van der Waals surface area contributed by atoms with Crippen LogP contribution < -0.4 is 0 Å². The van der Waals surface area contributed by atoms with Crippen LogP contribution in [0.1, 0.15) is 13.3 Å². The quantitative estimate of drug-likeness (QED) is 0.631. The Hall–Kier alpha value is -0.180. The second-order valence-corrected chi connectivity index (χ2v) is 3.99. The first-order chi connectivity index (χ1) is 4.70. The second kappa shape index (κ2) is 3.28. The van der Waals surface area contributed by atoms with E-state index in [1.807, 2.05) is 0 Å². The fourth-order valence-electron chi connectivity index (χ4n) is 1.21. The lowest BCUT2D eigenvalue weighted by molar-refractivity contribution is -0.141. The molecule has 1 fully saturated rings. The van der Waals surface area contributed by atoms with E-state index in [2.05, 4.69) is 6.92 Å². The van der Waals surface area contributed by atoms with Gasteiger partial charge in [-0.05, 0) is 18.1 Å². The SMILES string of the molecule is CC1CSCC(C(=O)O)C1. The minimum atomic E-state index is -0.626. The number of rotatable bonds is 1. The average molecular weight is 160 g/mol. The van der Waals surface area contributed by atoms with Crippen molar-refractivity contribution >= 4 is 17.7 Å². The summed E-state index contributed by atoms with van der Waals surface area (Å²) in [5.74, 6) is 1.80. The van der Waals surface area contributed by atoms with Gasteiger partial charge in [-0.2, -0.15) is 11.8 Å². The monoisotopic (exact) mass is 160 g/mol. The molecule has 1 aliphatic heterocycles. The lowest BCUT2D eigenvalue weighted by atomic mass is 9.98. The van der Waals surface area contributed by atoms with Gasteiger partial charge in [-0.25, -0.2) is 0 Å². The number of hydrogen-bond donors (Lipinski definition) is 1. The van der Waals surface area contributed by atoms with E-state index in [0.29, 0.717) is 5.92 Å². The molecule has 58 valence electrons. The van der Waals surface area contributed by atoms with Crippen molar-refractivity contribution in [2.24, 2.45) is 11.8 Å². The van der Waals surface area contributed by atoms with Crippen LogP contribution in [0.3, 0.4) is 0 Å². The molecule has 0 aromatic heterocycles. The number of carboxylic acid groups (broad SMARTS) is 1. The molecule has 1 heterocycles. The number of carboxylic acids is 1. The van der Waals surface area contributed by atoms with Gasteiger partial charge in [0, 0.05) is 5.75 Å². The van der Waals surface area contributed by atoms with Crippen LogP contribution in [-0.2, 0) is 4.79 Å². The zero-order valence-electron chi connectivity index (χ0n) is 6.04. The van der Waals surface area contributed by atoms with Crippen LogP contribution in [0.15, 0.2) is 0 Å². The van der Waals surface area contributed by atoms with Gasteiger partial charge in [0.25, 0.3) is 0 Å². The minimum absolute atomic E-state index is 0.0891. The third-order valence-corrected chi connectivity index (χ3v) is 3.20. The summed E-state index contributed by atoms with van der Waals surface area (Å²) in [7, 11) is 0. The maximum absolute atomic E-state index is 10.5. The van der Waals surface area contributed by atoms with Gasteiger partial charge in [-0.3, -0.25) is 4.79 Å². The van der Waals surface area contributed by atoms with Gasteiger partial charge in [0.15, 0.2) is 0 Å². The van der Waals surface area contributed by atoms with Crippen LogP contribution in [0.4, 0.5) is 0 Å². The molecule has 1 N–H and O–H groups in total. The zero-order chi connectivity index (χ0) is 7.56. The number of thioether (sulfide) groups is 1. The Balaban J connectivity index is 2.39. The summed E-state index contributed by atoms with van der Waals surface area (Å²) in [6.45, 7) is 2.11. The van der Waals surface area contributed by atoms with Crippen LogP contribution >= 0.6 is 11.8 Å². The highest BCUT2D eigenvalue weighted by atomic mass is 32.2. The Morgan fingerprint density at radius 1 is 1.60 bits per heavy atom. The first kappa shape index (κ1) is 7.92. The Morgan fingerprint density at radius 3 is 2.70 bits per heavy atom. The molecular weight excluding hydrogens is 148 g/mol. The van der Waals surface area contributed by atoms with Crippen LogP contribution in [-0.4, -0.2) is 22.6 Å².